The van der Waals surface area contributed by atoms with Crippen molar-refractivity contribution < 1.29 is 23.4 Å². The molecule has 164 valence electrons. The molecule has 0 bridgehead atoms. The molecule has 3 rings (SSSR count). The first-order valence-electron chi connectivity index (χ1n) is 8.90. The third-order valence-electron chi connectivity index (χ3n) is 4.38. The molecule has 2 heterocycles. The molecule has 0 fully saturated rings. The summed E-state index contributed by atoms with van der Waals surface area (Å²) in [6.07, 6.45) is -7.47. The minimum Gasteiger partial charge on any atom is -0.382 e. The van der Waals surface area contributed by atoms with Crippen LogP contribution in [0.5, 0.6) is 0 Å². The monoisotopic (exact) mass is 472 g/mol. The molecular formula is C17H17AlClF3N6O3. The molecule has 0 radical (unpaired) electrons. The number of halogens is 4. The van der Waals surface area contributed by atoms with Gasteiger partial charge >= 0.3 is 28.4 Å². The van der Waals surface area contributed by atoms with Crippen molar-refractivity contribution in [2.45, 2.75) is 31.5 Å². The van der Waals surface area contributed by atoms with E-state index in [0.29, 0.717) is 27.1 Å². The number of aliphatic hydroxyl groups excluding tert-OH is 2. The zero-order chi connectivity index (χ0) is 22.9. The molecule has 0 aliphatic rings. The molecule has 31 heavy (non-hydrogen) atoms. The highest BCUT2D eigenvalue weighted by Gasteiger charge is 2.39. The van der Waals surface area contributed by atoms with E-state index in [2.05, 4.69) is 21.8 Å². The maximum absolute atomic E-state index is 12.9. The Hall–Kier alpha value is -2.43. The van der Waals surface area contributed by atoms with Crippen LogP contribution in [-0.2, 0) is 13.1 Å². The van der Waals surface area contributed by atoms with Gasteiger partial charge in [0.2, 0.25) is 0 Å². The molecule has 3 aromatic rings. The molecule has 2 N–H and O–H groups in total. The number of alkyl halides is 3. The van der Waals surface area contributed by atoms with E-state index in [1.54, 1.807) is 0 Å². The fourth-order valence-corrected chi connectivity index (χ4v) is 3.53. The van der Waals surface area contributed by atoms with Gasteiger partial charge in [0.05, 0.1) is 6.54 Å². The molecule has 14 heteroatoms. The summed E-state index contributed by atoms with van der Waals surface area (Å²) in [4.78, 5) is 17.0. The van der Waals surface area contributed by atoms with Gasteiger partial charge in [-0.05, 0) is 24.3 Å². The molecule has 0 saturated heterocycles. The molecule has 0 saturated carbocycles. The van der Waals surface area contributed by atoms with Crippen LogP contribution in [0.1, 0.15) is 17.8 Å². The van der Waals surface area contributed by atoms with Crippen LogP contribution in [0.25, 0.3) is 11.4 Å². The number of benzene rings is 1. The Labute approximate surface area is 186 Å². The first kappa shape index (κ1) is 23.2. The SMILES string of the molecule is C=C[C@H](O)c1nc(Cn2nc(-c3ccc(Cl)cc3)n(C[C@H](O)C(F)(F)F)c2=O)n[n]1[AlH2]. The third-order valence-corrected chi connectivity index (χ3v) is 5.29. The average molecular weight is 473 g/mol. The van der Waals surface area contributed by atoms with Gasteiger partial charge in [0, 0.05) is 10.6 Å². The van der Waals surface area contributed by atoms with E-state index in [1.807, 2.05) is 0 Å². The Bertz CT molecular complexity index is 1140. The number of aromatic nitrogens is 6. The van der Waals surface area contributed by atoms with Gasteiger partial charge in [0.1, 0.15) is 18.5 Å². The molecule has 0 aliphatic carbocycles. The summed E-state index contributed by atoms with van der Waals surface area (Å²) in [5.41, 5.74) is -0.553. The van der Waals surface area contributed by atoms with E-state index < -0.39 is 30.6 Å². The van der Waals surface area contributed by atoms with Crippen LogP contribution in [0.3, 0.4) is 0 Å². The Kier molecular flexibility index (Phi) is 6.73. The number of nitrogens with zero attached hydrogens (tertiary/aromatic N) is 6. The van der Waals surface area contributed by atoms with Crippen LogP contribution in [0.15, 0.2) is 41.7 Å². The average Bonchev–Trinajstić information content (AvgIpc) is 3.22. The lowest BCUT2D eigenvalue weighted by atomic mass is 10.2. The highest BCUT2D eigenvalue weighted by atomic mass is 35.5. The number of aliphatic hydroxyl groups is 2. The van der Waals surface area contributed by atoms with Crippen molar-refractivity contribution in [1.82, 2.24) is 28.1 Å². The van der Waals surface area contributed by atoms with Crippen LogP contribution in [0.4, 0.5) is 13.2 Å². The second-order valence-electron chi connectivity index (χ2n) is 6.63. The van der Waals surface area contributed by atoms with Crippen LogP contribution >= 0.6 is 11.6 Å². The standard InChI is InChI=1S/C17H15ClF3N6O3.Al.2H/c1-2-11(28)14-22-13(23-24-14)8-27-16(30)26(7-12(29)17(19,20)21)15(25-27)9-3-5-10(18)6-4-9;;;/h2-6,11-12,28-29H,1,7-8H2;;;/q-1;+1;;/t11-,12-;;;/m0.../s1. The normalized spacial score (nSPS) is 13.9. The van der Waals surface area contributed by atoms with Crippen LogP contribution < -0.4 is 5.69 Å². The van der Waals surface area contributed by atoms with Crippen molar-refractivity contribution in [2.75, 3.05) is 0 Å². The zero-order valence-corrected chi connectivity index (χ0v) is 18.9. The van der Waals surface area contributed by atoms with Crippen LogP contribution in [0.2, 0.25) is 5.02 Å². The summed E-state index contributed by atoms with van der Waals surface area (Å²) in [5.74, 6) is 0.285. The largest absolute Gasteiger partial charge is 0.416 e. The Balaban J connectivity index is 2.04. The number of hydrogen-bond donors (Lipinski definition) is 2. The molecule has 9 nitrogen and oxygen atoms in total. The van der Waals surface area contributed by atoms with E-state index in [9.17, 15) is 28.2 Å². The van der Waals surface area contributed by atoms with Crippen molar-refractivity contribution in [2.24, 2.45) is 0 Å². The Morgan fingerprint density at radius 1 is 1.23 bits per heavy atom. The van der Waals surface area contributed by atoms with Gasteiger partial charge in [-0.25, -0.2) is 14.5 Å². The van der Waals surface area contributed by atoms with E-state index in [-0.39, 0.29) is 24.0 Å². The van der Waals surface area contributed by atoms with Gasteiger partial charge in [0.15, 0.2) is 17.8 Å². The second-order valence-corrected chi connectivity index (χ2v) is 7.91. The summed E-state index contributed by atoms with van der Waals surface area (Å²) in [7, 11) is 0. The Morgan fingerprint density at radius 3 is 2.45 bits per heavy atom. The highest BCUT2D eigenvalue weighted by Crippen LogP contribution is 2.24. The maximum Gasteiger partial charge on any atom is 0.416 e. The predicted molar refractivity (Wildman–Crippen MR) is 107 cm³/mol. The number of hydrogen-bond acceptors (Lipinski definition) is 6. The Morgan fingerprint density at radius 2 is 1.87 bits per heavy atom. The maximum atomic E-state index is 12.9. The minimum atomic E-state index is -4.91. The molecule has 2 atom stereocenters. The van der Waals surface area contributed by atoms with Crippen molar-refractivity contribution in [3.63, 3.8) is 0 Å². The summed E-state index contributed by atoms with van der Waals surface area (Å²) < 4.78 is 41.8. The summed E-state index contributed by atoms with van der Waals surface area (Å²) >= 11 is 6.25. The van der Waals surface area contributed by atoms with Gasteiger partial charge in [0.25, 0.3) is 0 Å². The lowest BCUT2D eigenvalue weighted by Gasteiger charge is -2.15. The quantitative estimate of drug-likeness (QED) is 0.384. The minimum absolute atomic E-state index is 0.0818. The molecular weight excluding hydrogens is 456 g/mol. The lowest BCUT2D eigenvalue weighted by Crippen LogP contribution is -2.37. The van der Waals surface area contributed by atoms with Crippen molar-refractivity contribution in [1.29, 1.82) is 0 Å². The van der Waals surface area contributed by atoms with Crippen molar-refractivity contribution >= 4 is 28.1 Å². The van der Waals surface area contributed by atoms with Crippen LogP contribution in [0, 0.1) is 0 Å². The van der Waals surface area contributed by atoms with Crippen molar-refractivity contribution in [3.05, 3.63) is 64.1 Å². The molecule has 0 aliphatic heterocycles. The van der Waals surface area contributed by atoms with Gasteiger partial charge < -0.3 is 13.9 Å². The first-order valence-corrected chi connectivity index (χ1v) is 10.2. The zero-order valence-electron chi connectivity index (χ0n) is 16.2. The van der Waals surface area contributed by atoms with Gasteiger partial charge in [-0.2, -0.15) is 18.3 Å². The fraction of sp³-hybridized carbons (Fsp3) is 0.294. The smallest absolute Gasteiger partial charge is 0.382 e. The number of rotatable bonds is 7. The molecule has 2 aromatic heterocycles. The lowest BCUT2D eigenvalue weighted by molar-refractivity contribution is -0.207. The summed E-state index contributed by atoms with van der Waals surface area (Å²) in [6.45, 7) is 2.19. The van der Waals surface area contributed by atoms with E-state index >= 15 is 0 Å². The van der Waals surface area contributed by atoms with E-state index in [4.69, 9.17) is 11.6 Å². The van der Waals surface area contributed by atoms with Gasteiger partial charge in [-0.1, -0.05) is 17.7 Å². The van der Waals surface area contributed by atoms with Crippen molar-refractivity contribution in [3.8, 4) is 11.4 Å². The van der Waals surface area contributed by atoms with Gasteiger partial charge in [-0.15, -0.1) is 11.7 Å². The van der Waals surface area contributed by atoms with E-state index in [0.717, 1.165) is 9.25 Å². The van der Waals surface area contributed by atoms with Crippen LogP contribution in [-0.4, -0.2) is 67.1 Å². The first-order chi connectivity index (χ1) is 14.5. The summed E-state index contributed by atoms with van der Waals surface area (Å²) in [6, 6.07) is 5.99. The molecule has 0 unspecified atom stereocenters. The topological polar surface area (TPSA) is 111 Å². The fourth-order valence-electron chi connectivity index (χ4n) is 2.81. The highest BCUT2D eigenvalue weighted by molar-refractivity contribution is 6.30. The molecule has 0 amide bonds. The van der Waals surface area contributed by atoms with E-state index in [1.165, 1.54) is 34.0 Å². The summed E-state index contributed by atoms with van der Waals surface area (Å²) in [5, 5.41) is 28.1. The second kappa shape index (κ2) is 8.98. The predicted octanol–water partition coefficient (Wildman–Crippen LogP) is 0.544. The molecule has 1 aromatic carbocycles. The third kappa shape index (κ3) is 5.08. The van der Waals surface area contributed by atoms with Gasteiger partial charge in [-0.3, -0.25) is 4.57 Å². The molecule has 0 spiro atoms.